The second-order valence-electron chi connectivity index (χ2n) is 6.99. The van der Waals surface area contributed by atoms with Gasteiger partial charge in [0.05, 0.1) is 15.1 Å². The van der Waals surface area contributed by atoms with Crippen LogP contribution in [-0.4, -0.2) is 28.7 Å². The van der Waals surface area contributed by atoms with Gasteiger partial charge in [-0.15, -0.1) is 0 Å². The van der Waals surface area contributed by atoms with Crippen molar-refractivity contribution >= 4 is 74.2 Å². The van der Waals surface area contributed by atoms with Gasteiger partial charge in [0.15, 0.2) is 11.5 Å². The number of carbonyl (C=O) groups is 2. The smallest absolute Gasteiger partial charge is 0.293 e. The van der Waals surface area contributed by atoms with Crippen molar-refractivity contribution in [1.29, 1.82) is 0 Å². The van der Waals surface area contributed by atoms with Crippen molar-refractivity contribution in [1.82, 2.24) is 4.90 Å². The standard InChI is InChI=1S/C23H23I2NO4S/c1-4-14(3)26-22(27)20(31-23(26)28)12-16-10-18(25)21(19(11-16)29-5-2)30-13-15-6-8-17(24)9-7-15/h6-12,14H,4-5,13H2,1-3H3/b20-12+/t14-/m0/s1. The van der Waals surface area contributed by atoms with Crippen molar-refractivity contribution in [2.45, 2.75) is 39.8 Å². The number of carbonyl (C=O) groups excluding carboxylic acids is 2. The Morgan fingerprint density at radius 1 is 1.10 bits per heavy atom. The van der Waals surface area contributed by atoms with E-state index in [1.165, 1.54) is 8.47 Å². The van der Waals surface area contributed by atoms with Gasteiger partial charge in [0.2, 0.25) is 0 Å². The van der Waals surface area contributed by atoms with Crippen molar-refractivity contribution in [3.63, 3.8) is 0 Å². The first-order valence-corrected chi connectivity index (χ1v) is 12.9. The summed E-state index contributed by atoms with van der Waals surface area (Å²) in [4.78, 5) is 26.8. The largest absolute Gasteiger partial charge is 0.490 e. The van der Waals surface area contributed by atoms with Crippen LogP contribution >= 0.6 is 56.9 Å². The van der Waals surface area contributed by atoms with Gasteiger partial charge in [-0.2, -0.15) is 0 Å². The molecule has 164 valence electrons. The van der Waals surface area contributed by atoms with Crippen LogP contribution in [0.3, 0.4) is 0 Å². The molecule has 8 heteroatoms. The van der Waals surface area contributed by atoms with E-state index in [0.717, 1.165) is 32.9 Å². The molecule has 0 radical (unpaired) electrons. The maximum Gasteiger partial charge on any atom is 0.293 e. The molecule has 0 spiro atoms. The summed E-state index contributed by atoms with van der Waals surface area (Å²) in [6.07, 6.45) is 2.48. The molecule has 3 rings (SSSR count). The predicted octanol–water partition coefficient (Wildman–Crippen LogP) is 6.71. The van der Waals surface area contributed by atoms with E-state index in [2.05, 4.69) is 45.2 Å². The summed E-state index contributed by atoms with van der Waals surface area (Å²) in [5.41, 5.74) is 1.87. The van der Waals surface area contributed by atoms with Crippen LogP contribution in [-0.2, 0) is 11.4 Å². The summed E-state index contributed by atoms with van der Waals surface area (Å²) in [6, 6.07) is 11.8. The molecule has 2 aromatic rings. The summed E-state index contributed by atoms with van der Waals surface area (Å²) in [6.45, 7) is 6.68. The molecular formula is C23H23I2NO4S. The Morgan fingerprint density at radius 3 is 2.45 bits per heavy atom. The third-order valence-electron chi connectivity index (χ3n) is 4.78. The van der Waals surface area contributed by atoms with E-state index in [4.69, 9.17) is 9.47 Å². The number of imide groups is 1. The van der Waals surface area contributed by atoms with Crippen LogP contribution in [0.1, 0.15) is 38.3 Å². The van der Waals surface area contributed by atoms with Gasteiger partial charge < -0.3 is 9.47 Å². The molecule has 5 nitrogen and oxygen atoms in total. The van der Waals surface area contributed by atoms with Crippen molar-refractivity contribution in [2.75, 3.05) is 6.61 Å². The quantitative estimate of drug-likeness (QED) is 0.232. The maximum absolute atomic E-state index is 12.7. The molecule has 31 heavy (non-hydrogen) atoms. The average Bonchev–Trinajstić information content (AvgIpc) is 3.01. The fraction of sp³-hybridized carbons (Fsp3) is 0.304. The Labute approximate surface area is 214 Å². The summed E-state index contributed by atoms with van der Waals surface area (Å²) >= 11 is 5.47. The van der Waals surface area contributed by atoms with Gasteiger partial charge in [0.1, 0.15) is 6.61 Å². The van der Waals surface area contributed by atoms with Gasteiger partial charge in [-0.3, -0.25) is 14.5 Å². The molecule has 2 aromatic carbocycles. The lowest BCUT2D eigenvalue weighted by Crippen LogP contribution is -2.36. The first-order chi connectivity index (χ1) is 14.8. The van der Waals surface area contributed by atoms with Gasteiger partial charge in [-0.1, -0.05) is 19.1 Å². The topological polar surface area (TPSA) is 55.8 Å². The minimum Gasteiger partial charge on any atom is -0.490 e. The number of thioether (sulfide) groups is 1. The monoisotopic (exact) mass is 663 g/mol. The zero-order valence-electron chi connectivity index (χ0n) is 17.5. The molecule has 1 heterocycles. The Hall–Kier alpha value is -1.27. The number of ether oxygens (including phenoxy) is 2. The highest BCUT2D eigenvalue weighted by Gasteiger charge is 2.37. The highest BCUT2D eigenvalue weighted by Crippen LogP contribution is 2.38. The van der Waals surface area contributed by atoms with E-state index in [-0.39, 0.29) is 17.2 Å². The van der Waals surface area contributed by atoms with Crippen LogP contribution in [0.25, 0.3) is 6.08 Å². The molecule has 0 N–H and O–H groups in total. The molecule has 0 aliphatic carbocycles. The normalized spacial score (nSPS) is 16.2. The van der Waals surface area contributed by atoms with E-state index in [0.29, 0.717) is 29.6 Å². The molecule has 2 amide bonds. The first kappa shape index (κ1) is 24.4. The summed E-state index contributed by atoms with van der Waals surface area (Å²) in [5, 5.41) is -0.220. The Morgan fingerprint density at radius 2 is 1.81 bits per heavy atom. The van der Waals surface area contributed by atoms with Crippen LogP contribution < -0.4 is 9.47 Å². The highest BCUT2D eigenvalue weighted by atomic mass is 127. The number of rotatable bonds is 8. The Kier molecular flexibility index (Phi) is 8.68. The second-order valence-corrected chi connectivity index (χ2v) is 10.4. The van der Waals surface area contributed by atoms with Gasteiger partial charge >= 0.3 is 0 Å². The maximum atomic E-state index is 12.7. The molecule has 1 atom stereocenters. The third kappa shape index (κ3) is 5.95. The number of hydrogen-bond donors (Lipinski definition) is 0. The van der Waals surface area contributed by atoms with E-state index in [9.17, 15) is 9.59 Å². The SMILES string of the molecule is CCOc1cc(/C=C2/SC(=O)N([C@@H](C)CC)C2=O)cc(I)c1OCc1ccc(I)cc1. The van der Waals surface area contributed by atoms with Gasteiger partial charge in [-0.05, 0) is 119 Å². The zero-order valence-corrected chi connectivity index (χ0v) is 22.6. The van der Waals surface area contributed by atoms with Crippen LogP contribution in [0, 0.1) is 7.14 Å². The summed E-state index contributed by atoms with van der Waals surface area (Å²) in [7, 11) is 0. The van der Waals surface area contributed by atoms with E-state index >= 15 is 0 Å². The van der Waals surface area contributed by atoms with Crippen LogP contribution in [0.5, 0.6) is 11.5 Å². The van der Waals surface area contributed by atoms with Gasteiger partial charge in [0, 0.05) is 9.61 Å². The number of hydrogen-bond acceptors (Lipinski definition) is 5. The van der Waals surface area contributed by atoms with Crippen LogP contribution in [0.15, 0.2) is 41.3 Å². The molecule has 1 fully saturated rings. The minimum absolute atomic E-state index is 0.116. The number of benzene rings is 2. The fourth-order valence-corrected chi connectivity index (χ4v) is 5.07. The third-order valence-corrected chi connectivity index (χ3v) is 7.19. The van der Waals surface area contributed by atoms with E-state index < -0.39 is 0 Å². The minimum atomic E-state index is -0.239. The first-order valence-electron chi connectivity index (χ1n) is 9.94. The Balaban J connectivity index is 1.86. The summed E-state index contributed by atoms with van der Waals surface area (Å²) in [5.74, 6) is 1.05. The van der Waals surface area contributed by atoms with Crippen LogP contribution in [0.4, 0.5) is 4.79 Å². The lowest BCUT2D eigenvalue weighted by molar-refractivity contribution is -0.124. The predicted molar refractivity (Wildman–Crippen MR) is 141 cm³/mol. The van der Waals surface area contributed by atoms with Crippen molar-refractivity contribution < 1.29 is 19.1 Å². The molecule has 1 aliphatic heterocycles. The van der Waals surface area contributed by atoms with Crippen molar-refractivity contribution in [2.24, 2.45) is 0 Å². The van der Waals surface area contributed by atoms with Crippen molar-refractivity contribution in [3.05, 3.63) is 59.6 Å². The number of nitrogens with zero attached hydrogens (tertiary/aromatic N) is 1. The second kappa shape index (κ2) is 11.0. The fourth-order valence-electron chi connectivity index (χ4n) is 3.00. The highest BCUT2D eigenvalue weighted by molar-refractivity contribution is 14.1. The molecule has 0 unspecified atom stereocenters. The van der Waals surface area contributed by atoms with Crippen LogP contribution in [0.2, 0.25) is 0 Å². The van der Waals surface area contributed by atoms with E-state index in [1.807, 2.05) is 57.2 Å². The van der Waals surface area contributed by atoms with Crippen molar-refractivity contribution in [3.8, 4) is 11.5 Å². The molecule has 0 bridgehead atoms. The number of amides is 2. The Bertz CT molecular complexity index is 1010. The average molecular weight is 663 g/mol. The summed E-state index contributed by atoms with van der Waals surface area (Å²) < 4.78 is 14.0. The molecule has 1 saturated heterocycles. The molecule has 0 saturated carbocycles. The van der Waals surface area contributed by atoms with E-state index in [1.54, 1.807) is 6.08 Å². The molecule has 1 aliphatic rings. The molecular weight excluding hydrogens is 640 g/mol. The van der Waals surface area contributed by atoms with Gasteiger partial charge in [-0.25, -0.2) is 0 Å². The zero-order chi connectivity index (χ0) is 22.5. The lowest BCUT2D eigenvalue weighted by atomic mass is 10.1. The lowest BCUT2D eigenvalue weighted by Gasteiger charge is -2.19. The molecule has 0 aromatic heterocycles. The number of halogens is 2. The van der Waals surface area contributed by atoms with Gasteiger partial charge in [0.25, 0.3) is 11.1 Å².